The summed E-state index contributed by atoms with van der Waals surface area (Å²) in [5.41, 5.74) is 2.22. The summed E-state index contributed by atoms with van der Waals surface area (Å²) in [6.45, 7) is 2.62. The largest absolute Gasteiger partial charge is 0.359 e. The van der Waals surface area contributed by atoms with Crippen LogP contribution in [0.4, 0.5) is 0 Å². The molecule has 0 bridgehead atoms. The van der Waals surface area contributed by atoms with Crippen molar-refractivity contribution in [2.75, 3.05) is 20.1 Å². The first kappa shape index (κ1) is 17.2. The molecule has 2 heterocycles. The van der Waals surface area contributed by atoms with Crippen LogP contribution in [0.25, 0.3) is 0 Å². The molecule has 0 aliphatic carbocycles. The zero-order chi connectivity index (χ0) is 17.6. The number of benzene rings is 1. The van der Waals surface area contributed by atoms with E-state index in [4.69, 9.17) is 0 Å². The number of nitrogens with one attached hydrogen (secondary N) is 2. The molecule has 1 saturated heterocycles. The Morgan fingerprint density at radius 2 is 2.12 bits per heavy atom. The Labute approximate surface area is 147 Å². The summed E-state index contributed by atoms with van der Waals surface area (Å²) in [5, 5.41) is 5.44. The molecule has 7 heteroatoms. The summed E-state index contributed by atoms with van der Waals surface area (Å²) < 4.78 is 2.08. The van der Waals surface area contributed by atoms with Crippen molar-refractivity contribution in [3.05, 3.63) is 54.1 Å². The van der Waals surface area contributed by atoms with Gasteiger partial charge in [0.1, 0.15) is 0 Å². The second-order valence-corrected chi connectivity index (χ2v) is 6.15. The highest BCUT2D eigenvalue weighted by atomic mass is 16.2. The van der Waals surface area contributed by atoms with E-state index in [0.29, 0.717) is 19.6 Å². The first-order chi connectivity index (χ1) is 12.2. The molecule has 1 atom stereocenters. The minimum Gasteiger partial charge on any atom is -0.359 e. The van der Waals surface area contributed by atoms with Crippen molar-refractivity contribution >= 4 is 11.8 Å². The number of hydrogen-bond donors (Lipinski definition) is 2. The number of carbonyl (C=O) groups excluding carboxylic acids is 2. The van der Waals surface area contributed by atoms with E-state index in [1.165, 1.54) is 5.56 Å². The lowest BCUT2D eigenvalue weighted by Crippen LogP contribution is -2.56. The summed E-state index contributed by atoms with van der Waals surface area (Å²) in [4.78, 5) is 30.3. The van der Waals surface area contributed by atoms with E-state index in [0.717, 1.165) is 12.2 Å². The number of rotatable bonds is 6. The molecule has 3 rings (SSSR count). The zero-order valence-corrected chi connectivity index (χ0v) is 14.3. The van der Waals surface area contributed by atoms with E-state index < -0.39 is 6.04 Å². The zero-order valence-electron chi connectivity index (χ0n) is 14.3. The molecule has 2 amide bonds. The topological polar surface area (TPSA) is 79.3 Å². The van der Waals surface area contributed by atoms with Gasteiger partial charge in [-0.15, -0.1) is 0 Å². The Bertz CT molecular complexity index is 728. The Kier molecular flexibility index (Phi) is 5.45. The van der Waals surface area contributed by atoms with Gasteiger partial charge in [-0.05, 0) is 5.56 Å². The van der Waals surface area contributed by atoms with Gasteiger partial charge in [-0.25, -0.2) is 4.98 Å². The highest BCUT2D eigenvalue weighted by Crippen LogP contribution is 2.15. The Balaban J connectivity index is 1.73. The van der Waals surface area contributed by atoms with Crippen LogP contribution in [0, 0.1) is 0 Å². The van der Waals surface area contributed by atoms with Gasteiger partial charge in [0.25, 0.3) is 0 Å². The van der Waals surface area contributed by atoms with Gasteiger partial charge in [0.05, 0.1) is 24.5 Å². The van der Waals surface area contributed by atoms with Crippen molar-refractivity contribution in [2.45, 2.75) is 25.6 Å². The average molecular weight is 341 g/mol. The fourth-order valence-electron chi connectivity index (χ4n) is 3.06. The van der Waals surface area contributed by atoms with Gasteiger partial charge in [0.2, 0.25) is 11.8 Å². The van der Waals surface area contributed by atoms with Gasteiger partial charge >= 0.3 is 0 Å². The second kappa shape index (κ2) is 7.94. The molecular weight excluding hydrogens is 318 g/mol. The molecule has 1 aromatic carbocycles. The predicted molar refractivity (Wildman–Crippen MR) is 93.7 cm³/mol. The summed E-state index contributed by atoms with van der Waals surface area (Å²) in [5.74, 6) is -0.228. The molecule has 7 nitrogen and oxygen atoms in total. The summed E-state index contributed by atoms with van der Waals surface area (Å²) >= 11 is 0. The van der Waals surface area contributed by atoms with E-state index in [9.17, 15) is 9.59 Å². The molecule has 2 aromatic rings. The van der Waals surface area contributed by atoms with Crippen molar-refractivity contribution in [2.24, 2.45) is 0 Å². The van der Waals surface area contributed by atoms with Crippen molar-refractivity contribution < 1.29 is 9.59 Å². The Hall–Kier alpha value is -2.67. The van der Waals surface area contributed by atoms with Crippen LogP contribution < -0.4 is 10.6 Å². The smallest absolute Gasteiger partial charge is 0.237 e. The molecule has 1 aliphatic rings. The number of imidazole rings is 1. The molecule has 0 saturated carbocycles. The first-order valence-corrected chi connectivity index (χ1v) is 8.42. The van der Waals surface area contributed by atoms with E-state index in [2.05, 4.69) is 32.3 Å². The van der Waals surface area contributed by atoms with Crippen LogP contribution in [0.3, 0.4) is 0 Å². The molecular formula is C18H23N5O2. The molecule has 2 N–H and O–H groups in total. The maximum Gasteiger partial charge on any atom is 0.237 e. The maximum atomic E-state index is 12.2. The third-order valence-corrected chi connectivity index (χ3v) is 4.46. The van der Waals surface area contributed by atoms with Crippen LogP contribution in [0.1, 0.15) is 17.7 Å². The molecule has 1 aliphatic heterocycles. The normalized spacial score (nSPS) is 18.0. The van der Waals surface area contributed by atoms with Crippen LogP contribution in [-0.4, -0.2) is 52.4 Å². The average Bonchev–Trinajstić information content (AvgIpc) is 3.05. The third-order valence-electron chi connectivity index (χ3n) is 4.46. The van der Waals surface area contributed by atoms with Crippen molar-refractivity contribution in [1.82, 2.24) is 25.1 Å². The van der Waals surface area contributed by atoms with Gasteiger partial charge in [-0.3, -0.25) is 14.5 Å². The highest BCUT2D eigenvalue weighted by molar-refractivity contribution is 5.88. The number of hydrogen-bond acceptors (Lipinski definition) is 4. The highest BCUT2D eigenvalue weighted by Gasteiger charge is 2.31. The molecule has 1 aromatic heterocycles. The fourth-order valence-corrected chi connectivity index (χ4v) is 3.06. The quantitative estimate of drug-likeness (QED) is 0.796. The van der Waals surface area contributed by atoms with Crippen LogP contribution in [-0.2, 0) is 22.7 Å². The van der Waals surface area contributed by atoms with Crippen LogP contribution in [0.15, 0.2) is 42.9 Å². The molecule has 25 heavy (non-hydrogen) atoms. The predicted octanol–water partition coefficient (Wildman–Crippen LogP) is 0.368. The number of nitrogens with zero attached hydrogens (tertiary/aromatic N) is 3. The lowest BCUT2D eigenvalue weighted by molar-refractivity contribution is -0.134. The number of piperazine rings is 1. The van der Waals surface area contributed by atoms with Gasteiger partial charge < -0.3 is 15.2 Å². The lowest BCUT2D eigenvalue weighted by atomic mass is 10.1. The lowest BCUT2D eigenvalue weighted by Gasteiger charge is -2.34. The van der Waals surface area contributed by atoms with Gasteiger partial charge in [0, 0.05) is 39.4 Å². The minimum absolute atomic E-state index is 0.0935. The third kappa shape index (κ3) is 4.24. The maximum absolute atomic E-state index is 12.2. The summed E-state index contributed by atoms with van der Waals surface area (Å²) in [6.07, 6.45) is 3.79. The summed E-state index contributed by atoms with van der Waals surface area (Å²) in [7, 11) is 1.59. The molecule has 0 unspecified atom stereocenters. The molecule has 132 valence electrons. The molecule has 0 radical (unpaired) electrons. The number of carbonyl (C=O) groups is 2. The Morgan fingerprint density at radius 1 is 1.32 bits per heavy atom. The van der Waals surface area contributed by atoms with E-state index in [1.807, 2.05) is 29.3 Å². The Morgan fingerprint density at radius 3 is 2.88 bits per heavy atom. The van der Waals surface area contributed by atoms with Crippen LogP contribution >= 0.6 is 0 Å². The van der Waals surface area contributed by atoms with Gasteiger partial charge in [-0.1, -0.05) is 30.3 Å². The van der Waals surface area contributed by atoms with Gasteiger partial charge in [0.15, 0.2) is 0 Å². The van der Waals surface area contributed by atoms with Gasteiger partial charge in [-0.2, -0.15) is 0 Å². The molecule has 1 fully saturated rings. The van der Waals surface area contributed by atoms with Crippen molar-refractivity contribution in [3.63, 3.8) is 0 Å². The van der Waals surface area contributed by atoms with Crippen molar-refractivity contribution in [1.29, 1.82) is 0 Å². The SMILES string of the molecule is CNC(=O)C[C@H]1C(=O)NCCN1Cc1cncn1Cc1ccccc1. The summed E-state index contributed by atoms with van der Waals surface area (Å²) in [6, 6.07) is 9.72. The number of aromatic nitrogens is 2. The standard InChI is InChI=1S/C18H23N5O2/c1-19-17(24)9-16-18(25)21-7-8-22(16)12-15-10-20-13-23(15)11-14-5-3-2-4-6-14/h2-6,10,13,16H,7-9,11-12H2,1H3,(H,19,24)(H,21,25)/t16-/m0/s1. The van der Waals surface area contributed by atoms with Crippen LogP contribution in [0.2, 0.25) is 0 Å². The monoisotopic (exact) mass is 341 g/mol. The van der Waals surface area contributed by atoms with Crippen molar-refractivity contribution in [3.8, 4) is 0 Å². The van der Waals surface area contributed by atoms with E-state index >= 15 is 0 Å². The van der Waals surface area contributed by atoms with E-state index in [-0.39, 0.29) is 18.2 Å². The molecule has 0 spiro atoms. The minimum atomic E-state index is -0.450. The second-order valence-electron chi connectivity index (χ2n) is 6.15. The fraction of sp³-hybridized carbons (Fsp3) is 0.389. The van der Waals surface area contributed by atoms with E-state index in [1.54, 1.807) is 13.4 Å². The number of amides is 2. The first-order valence-electron chi connectivity index (χ1n) is 8.42. The van der Waals surface area contributed by atoms with Crippen LogP contribution in [0.5, 0.6) is 0 Å².